The number of ketones is 1. The Kier molecular flexibility index (Phi) is 3.50. The van der Waals surface area contributed by atoms with Crippen LogP contribution in [0.4, 0.5) is 4.39 Å². The van der Waals surface area contributed by atoms with E-state index in [9.17, 15) is 9.18 Å². The molecule has 102 valence electrons. The zero-order chi connectivity index (χ0) is 13.9. The summed E-state index contributed by atoms with van der Waals surface area (Å²) in [6.45, 7) is 0.296. The summed E-state index contributed by atoms with van der Waals surface area (Å²) in [5, 5.41) is 0. The molecule has 0 saturated carbocycles. The zero-order valence-corrected chi connectivity index (χ0v) is 11.1. The topological polar surface area (TPSA) is 26.3 Å². The van der Waals surface area contributed by atoms with Crippen molar-refractivity contribution in [1.82, 2.24) is 0 Å². The molecule has 2 aromatic carbocycles. The molecule has 1 aliphatic rings. The first kappa shape index (κ1) is 12.9. The molecular weight excluding hydrogens is 255 g/mol. The van der Waals surface area contributed by atoms with Crippen LogP contribution in [0.2, 0.25) is 0 Å². The molecule has 2 nitrogen and oxygen atoms in total. The van der Waals surface area contributed by atoms with Crippen molar-refractivity contribution in [1.29, 1.82) is 0 Å². The van der Waals surface area contributed by atoms with Crippen LogP contribution in [0.3, 0.4) is 0 Å². The van der Waals surface area contributed by atoms with E-state index in [2.05, 4.69) is 0 Å². The van der Waals surface area contributed by atoms with Gasteiger partial charge in [-0.05, 0) is 48.2 Å². The van der Waals surface area contributed by atoms with Crippen LogP contribution >= 0.6 is 0 Å². The van der Waals surface area contributed by atoms with E-state index in [4.69, 9.17) is 4.74 Å². The van der Waals surface area contributed by atoms with Crippen LogP contribution in [0.5, 0.6) is 5.75 Å². The molecule has 0 fully saturated rings. The maximum atomic E-state index is 13.1. The first-order valence-electron chi connectivity index (χ1n) is 6.76. The van der Waals surface area contributed by atoms with Gasteiger partial charge in [0.05, 0.1) is 0 Å². The Morgan fingerprint density at radius 1 is 1.10 bits per heavy atom. The lowest BCUT2D eigenvalue weighted by atomic mass is 9.90. The number of halogens is 1. The van der Waals surface area contributed by atoms with Gasteiger partial charge < -0.3 is 4.74 Å². The fraction of sp³-hybridized carbons (Fsp3) is 0.235. The van der Waals surface area contributed by atoms with Crippen LogP contribution in [0.25, 0.3) is 0 Å². The molecule has 20 heavy (non-hydrogen) atoms. The Hall–Kier alpha value is -2.16. The quantitative estimate of drug-likeness (QED) is 0.844. The number of hydrogen-bond donors (Lipinski definition) is 0. The normalized spacial score (nSPS) is 13.9. The lowest BCUT2D eigenvalue weighted by Crippen LogP contribution is -2.10. The van der Waals surface area contributed by atoms with Crippen LogP contribution in [0.1, 0.15) is 34.3 Å². The second-order valence-corrected chi connectivity index (χ2v) is 5.01. The predicted molar refractivity (Wildman–Crippen MR) is 74.4 cm³/mol. The van der Waals surface area contributed by atoms with E-state index in [1.807, 2.05) is 18.2 Å². The van der Waals surface area contributed by atoms with Crippen molar-refractivity contribution in [2.24, 2.45) is 0 Å². The largest absolute Gasteiger partial charge is 0.489 e. The molecule has 0 aliphatic heterocycles. The number of carbonyl (C=O) groups excluding carboxylic acids is 1. The van der Waals surface area contributed by atoms with Crippen molar-refractivity contribution in [3.63, 3.8) is 0 Å². The van der Waals surface area contributed by atoms with Crippen molar-refractivity contribution in [3.8, 4) is 5.75 Å². The predicted octanol–water partition coefficient (Wildman–Crippen LogP) is 3.92. The lowest BCUT2D eigenvalue weighted by Gasteiger charge is -2.16. The minimum Gasteiger partial charge on any atom is -0.489 e. The molecule has 0 atom stereocenters. The molecule has 0 amide bonds. The van der Waals surface area contributed by atoms with E-state index in [-0.39, 0.29) is 11.6 Å². The first-order valence-corrected chi connectivity index (χ1v) is 6.76. The summed E-state index contributed by atoms with van der Waals surface area (Å²) in [6.07, 6.45) is 2.49. The highest BCUT2D eigenvalue weighted by Crippen LogP contribution is 2.25. The van der Waals surface area contributed by atoms with Crippen LogP contribution in [0, 0.1) is 5.82 Å². The van der Waals surface area contributed by atoms with Crippen molar-refractivity contribution in [3.05, 3.63) is 65.0 Å². The highest BCUT2D eigenvalue weighted by Gasteiger charge is 2.17. The number of rotatable bonds is 3. The average Bonchev–Trinajstić information content (AvgIpc) is 2.46. The summed E-state index contributed by atoms with van der Waals surface area (Å²) in [5.74, 6) is 0.567. The number of aryl methyl sites for hydroxylation is 1. The van der Waals surface area contributed by atoms with Gasteiger partial charge in [-0.3, -0.25) is 4.79 Å². The van der Waals surface area contributed by atoms with Crippen LogP contribution < -0.4 is 4.74 Å². The fourth-order valence-electron chi connectivity index (χ4n) is 2.49. The molecule has 0 saturated heterocycles. The summed E-state index contributed by atoms with van der Waals surface area (Å²) in [5.41, 5.74) is 2.64. The van der Waals surface area contributed by atoms with Gasteiger partial charge in [0, 0.05) is 12.0 Å². The molecule has 3 heteroatoms. The van der Waals surface area contributed by atoms with Gasteiger partial charge >= 0.3 is 0 Å². The van der Waals surface area contributed by atoms with E-state index >= 15 is 0 Å². The van der Waals surface area contributed by atoms with Crippen LogP contribution in [0.15, 0.2) is 42.5 Å². The number of carbonyl (C=O) groups is 1. The molecule has 0 spiro atoms. The van der Waals surface area contributed by atoms with Crippen molar-refractivity contribution < 1.29 is 13.9 Å². The van der Waals surface area contributed by atoms with E-state index in [0.29, 0.717) is 18.8 Å². The van der Waals surface area contributed by atoms with E-state index in [1.54, 1.807) is 12.1 Å². The Balaban J connectivity index is 1.75. The second kappa shape index (κ2) is 5.45. The minimum absolute atomic E-state index is 0.183. The van der Waals surface area contributed by atoms with Crippen molar-refractivity contribution in [2.45, 2.75) is 25.9 Å². The van der Waals surface area contributed by atoms with E-state index < -0.39 is 0 Å². The summed E-state index contributed by atoms with van der Waals surface area (Å²) >= 11 is 0. The molecule has 0 radical (unpaired) electrons. The Morgan fingerprint density at radius 2 is 2.00 bits per heavy atom. The SMILES string of the molecule is O=C1CCCc2ccc(OCc3cccc(F)c3)cc21. The standard InChI is InChI=1S/C17H15FO2/c18-14-5-1-3-12(9-14)11-20-15-8-7-13-4-2-6-17(19)16(13)10-15/h1,3,5,7-10H,2,4,6,11H2. The maximum Gasteiger partial charge on any atom is 0.163 e. The van der Waals surface area contributed by atoms with Crippen molar-refractivity contribution in [2.75, 3.05) is 0 Å². The number of benzene rings is 2. The lowest BCUT2D eigenvalue weighted by molar-refractivity contribution is 0.0972. The van der Waals surface area contributed by atoms with Gasteiger partial charge in [0.25, 0.3) is 0 Å². The number of Topliss-reactive ketones (excluding diaryl/α,β-unsaturated/α-hetero) is 1. The van der Waals surface area contributed by atoms with Crippen LogP contribution in [-0.4, -0.2) is 5.78 Å². The van der Waals surface area contributed by atoms with E-state index in [0.717, 1.165) is 29.5 Å². The number of ether oxygens (including phenoxy) is 1. The van der Waals surface area contributed by atoms with Gasteiger partial charge in [-0.1, -0.05) is 18.2 Å². The third kappa shape index (κ3) is 2.72. The van der Waals surface area contributed by atoms with Gasteiger partial charge in [-0.25, -0.2) is 4.39 Å². The monoisotopic (exact) mass is 270 g/mol. The molecule has 0 N–H and O–H groups in total. The maximum absolute atomic E-state index is 13.1. The van der Waals surface area contributed by atoms with Gasteiger partial charge in [0.15, 0.2) is 5.78 Å². The summed E-state index contributed by atoms with van der Waals surface area (Å²) in [6, 6.07) is 11.9. The fourth-order valence-corrected chi connectivity index (χ4v) is 2.49. The van der Waals surface area contributed by atoms with Crippen LogP contribution in [-0.2, 0) is 13.0 Å². The average molecular weight is 270 g/mol. The summed E-state index contributed by atoms with van der Waals surface area (Å²) in [7, 11) is 0. The molecule has 0 unspecified atom stereocenters. The third-order valence-electron chi connectivity index (χ3n) is 3.53. The molecule has 3 rings (SSSR count). The number of fused-ring (bicyclic) bond motifs is 1. The zero-order valence-electron chi connectivity index (χ0n) is 11.1. The number of hydrogen-bond acceptors (Lipinski definition) is 2. The highest BCUT2D eigenvalue weighted by molar-refractivity contribution is 5.98. The van der Waals surface area contributed by atoms with Gasteiger partial charge in [0.1, 0.15) is 18.2 Å². The Bertz CT molecular complexity index is 649. The molecular formula is C17H15FO2. The van der Waals surface area contributed by atoms with Gasteiger partial charge in [-0.15, -0.1) is 0 Å². The molecule has 2 aromatic rings. The Labute approximate surface area is 117 Å². The minimum atomic E-state index is -0.272. The Morgan fingerprint density at radius 3 is 2.85 bits per heavy atom. The third-order valence-corrected chi connectivity index (χ3v) is 3.53. The first-order chi connectivity index (χ1) is 9.72. The summed E-state index contributed by atoms with van der Waals surface area (Å²) < 4.78 is 18.7. The van der Waals surface area contributed by atoms with Gasteiger partial charge in [0.2, 0.25) is 0 Å². The molecule has 1 aliphatic carbocycles. The summed E-state index contributed by atoms with van der Waals surface area (Å²) in [4.78, 5) is 11.9. The molecule has 0 bridgehead atoms. The highest BCUT2D eigenvalue weighted by atomic mass is 19.1. The molecule has 0 aromatic heterocycles. The van der Waals surface area contributed by atoms with Crippen molar-refractivity contribution >= 4 is 5.78 Å². The molecule has 0 heterocycles. The van der Waals surface area contributed by atoms with E-state index in [1.165, 1.54) is 12.1 Å². The smallest absolute Gasteiger partial charge is 0.163 e. The second-order valence-electron chi connectivity index (χ2n) is 5.01. The van der Waals surface area contributed by atoms with Gasteiger partial charge in [-0.2, -0.15) is 0 Å².